The van der Waals surface area contributed by atoms with Crippen LogP contribution >= 0.6 is 0 Å². The number of pyridine rings is 1. The van der Waals surface area contributed by atoms with E-state index in [4.69, 9.17) is 4.52 Å². The molecule has 3 aromatic heterocycles. The van der Waals surface area contributed by atoms with Gasteiger partial charge in [-0.25, -0.2) is 0 Å². The van der Waals surface area contributed by atoms with Crippen LogP contribution in [0.1, 0.15) is 5.76 Å². The lowest BCUT2D eigenvalue weighted by molar-refractivity contribution is 0.391. The van der Waals surface area contributed by atoms with Crippen LogP contribution in [0.5, 0.6) is 0 Å². The van der Waals surface area contributed by atoms with Crippen LogP contribution in [-0.2, 0) is 0 Å². The van der Waals surface area contributed by atoms with Crippen molar-refractivity contribution in [3.05, 3.63) is 36.2 Å². The lowest BCUT2D eigenvalue weighted by atomic mass is 10.3. The molecule has 0 unspecified atom stereocenters. The summed E-state index contributed by atoms with van der Waals surface area (Å²) >= 11 is 0. The van der Waals surface area contributed by atoms with Gasteiger partial charge >= 0.3 is 0 Å². The number of rotatable bonds is 2. The second kappa shape index (κ2) is 3.78. The number of nitrogens with zero attached hydrogens (tertiary/aromatic N) is 6. The highest BCUT2D eigenvalue weighted by Gasteiger charge is 2.10. The predicted octanol–water partition coefficient (Wildman–Crippen LogP) is 1.02. The van der Waals surface area contributed by atoms with E-state index in [1.165, 1.54) is 4.80 Å². The van der Waals surface area contributed by atoms with Gasteiger partial charge in [0.2, 0.25) is 11.6 Å². The zero-order valence-electron chi connectivity index (χ0n) is 8.98. The Hall–Kier alpha value is -2.57. The first-order valence-electron chi connectivity index (χ1n) is 4.98. The second-order valence-electron chi connectivity index (χ2n) is 3.41. The third-order valence-corrected chi connectivity index (χ3v) is 2.13. The van der Waals surface area contributed by atoms with E-state index in [0.29, 0.717) is 23.1 Å². The standard InChI is InChI=1S/C10H8N6O/c1-7-6-9(14-17-7)16-13-10(12-15-16)8-4-2-3-5-11-8/h2-6H,1H3. The molecule has 0 saturated heterocycles. The summed E-state index contributed by atoms with van der Waals surface area (Å²) in [5.41, 5.74) is 0.666. The van der Waals surface area contributed by atoms with E-state index in [1.807, 2.05) is 18.2 Å². The molecular formula is C10H8N6O. The van der Waals surface area contributed by atoms with E-state index >= 15 is 0 Å². The van der Waals surface area contributed by atoms with Crippen LogP contribution in [0.4, 0.5) is 0 Å². The number of hydrogen-bond acceptors (Lipinski definition) is 6. The van der Waals surface area contributed by atoms with Gasteiger partial charge in [0, 0.05) is 12.3 Å². The van der Waals surface area contributed by atoms with Crippen LogP contribution in [0.15, 0.2) is 35.0 Å². The fraction of sp³-hybridized carbons (Fsp3) is 0.100. The Labute approximate surface area is 96.1 Å². The molecule has 3 heterocycles. The highest BCUT2D eigenvalue weighted by molar-refractivity contribution is 5.46. The van der Waals surface area contributed by atoms with Crippen LogP contribution in [0.2, 0.25) is 0 Å². The molecule has 3 rings (SSSR count). The largest absolute Gasteiger partial charge is 0.359 e. The molecular weight excluding hydrogens is 220 g/mol. The third kappa shape index (κ3) is 1.78. The SMILES string of the molecule is Cc1cc(-n2nnc(-c3ccccn3)n2)no1. The molecule has 0 radical (unpaired) electrons. The van der Waals surface area contributed by atoms with Gasteiger partial charge in [0.1, 0.15) is 11.5 Å². The Kier molecular flexibility index (Phi) is 2.14. The molecule has 0 amide bonds. The molecule has 0 aliphatic heterocycles. The van der Waals surface area contributed by atoms with Crippen molar-refractivity contribution >= 4 is 0 Å². The summed E-state index contributed by atoms with van der Waals surface area (Å²) in [6.45, 7) is 1.80. The maximum absolute atomic E-state index is 4.94. The van der Waals surface area contributed by atoms with Crippen molar-refractivity contribution in [1.29, 1.82) is 0 Å². The second-order valence-corrected chi connectivity index (χ2v) is 3.41. The van der Waals surface area contributed by atoms with E-state index in [0.717, 1.165) is 0 Å². The van der Waals surface area contributed by atoms with Crippen LogP contribution in [0.3, 0.4) is 0 Å². The molecule has 0 atom stereocenters. The van der Waals surface area contributed by atoms with Crippen molar-refractivity contribution in [2.45, 2.75) is 6.92 Å². The molecule has 7 heteroatoms. The molecule has 0 N–H and O–H groups in total. The van der Waals surface area contributed by atoms with Crippen LogP contribution in [0, 0.1) is 6.92 Å². The summed E-state index contributed by atoms with van der Waals surface area (Å²) in [4.78, 5) is 5.45. The Morgan fingerprint density at radius 3 is 2.94 bits per heavy atom. The van der Waals surface area contributed by atoms with Gasteiger partial charge in [0.05, 0.1) is 0 Å². The first-order chi connectivity index (χ1) is 8.33. The first-order valence-corrected chi connectivity index (χ1v) is 4.98. The maximum atomic E-state index is 4.94. The van der Waals surface area contributed by atoms with Crippen LogP contribution < -0.4 is 0 Å². The van der Waals surface area contributed by atoms with Crippen molar-refractivity contribution < 1.29 is 4.52 Å². The number of aromatic nitrogens is 6. The van der Waals surface area contributed by atoms with E-state index < -0.39 is 0 Å². The maximum Gasteiger partial charge on any atom is 0.223 e. The average Bonchev–Trinajstić information content (AvgIpc) is 2.98. The minimum Gasteiger partial charge on any atom is -0.359 e. The highest BCUT2D eigenvalue weighted by atomic mass is 16.5. The number of hydrogen-bond donors (Lipinski definition) is 0. The Bertz CT molecular complexity index is 629. The average molecular weight is 228 g/mol. The summed E-state index contributed by atoms with van der Waals surface area (Å²) in [6, 6.07) is 7.23. The summed E-state index contributed by atoms with van der Waals surface area (Å²) in [5.74, 6) is 1.64. The normalized spacial score (nSPS) is 10.6. The fourth-order valence-electron chi connectivity index (χ4n) is 1.36. The molecule has 3 aromatic rings. The van der Waals surface area contributed by atoms with E-state index in [-0.39, 0.29) is 0 Å². The zero-order valence-corrected chi connectivity index (χ0v) is 8.98. The topological polar surface area (TPSA) is 82.5 Å². The monoisotopic (exact) mass is 228 g/mol. The molecule has 84 valence electrons. The molecule has 0 fully saturated rings. The Morgan fingerprint density at radius 1 is 1.29 bits per heavy atom. The van der Waals surface area contributed by atoms with Crippen molar-refractivity contribution in [3.63, 3.8) is 0 Å². The van der Waals surface area contributed by atoms with Crippen molar-refractivity contribution in [1.82, 2.24) is 30.3 Å². The summed E-state index contributed by atoms with van der Waals surface area (Å²) in [7, 11) is 0. The van der Waals surface area contributed by atoms with Gasteiger partial charge in [-0.2, -0.15) is 0 Å². The number of aryl methyl sites for hydroxylation is 1. The summed E-state index contributed by atoms with van der Waals surface area (Å²) in [6.07, 6.45) is 1.68. The quantitative estimate of drug-likeness (QED) is 0.651. The predicted molar refractivity (Wildman–Crippen MR) is 57.2 cm³/mol. The summed E-state index contributed by atoms with van der Waals surface area (Å²) < 4.78 is 4.94. The molecule has 0 saturated carbocycles. The van der Waals surface area contributed by atoms with Gasteiger partial charge in [-0.1, -0.05) is 11.2 Å². The zero-order chi connectivity index (χ0) is 11.7. The molecule has 0 aliphatic rings. The van der Waals surface area contributed by atoms with Gasteiger partial charge in [0.15, 0.2) is 0 Å². The van der Waals surface area contributed by atoms with Crippen molar-refractivity contribution in [2.75, 3.05) is 0 Å². The Balaban J connectivity index is 1.99. The lowest BCUT2D eigenvalue weighted by Crippen LogP contribution is -1.98. The molecule has 0 aromatic carbocycles. The summed E-state index contributed by atoms with van der Waals surface area (Å²) in [5, 5.41) is 15.8. The molecule has 7 nitrogen and oxygen atoms in total. The van der Waals surface area contributed by atoms with E-state index in [2.05, 4.69) is 25.6 Å². The van der Waals surface area contributed by atoms with Gasteiger partial charge in [-0.3, -0.25) is 4.98 Å². The lowest BCUT2D eigenvalue weighted by Gasteiger charge is -1.90. The minimum absolute atomic E-state index is 0.450. The molecule has 0 bridgehead atoms. The highest BCUT2D eigenvalue weighted by Crippen LogP contribution is 2.10. The van der Waals surface area contributed by atoms with E-state index in [9.17, 15) is 0 Å². The van der Waals surface area contributed by atoms with Crippen molar-refractivity contribution in [2.24, 2.45) is 0 Å². The Morgan fingerprint density at radius 2 is 2.24 bits per heavy atom. The van der Waals surface area contributed by atoms with E-state index in [1.54, 1.807) is 19.2 Å². The van der Waals surface area contributed by atoms with Gasteiger partial charge in [0.25, 0.3) is 0 Å². The van der Waals surface area contributed by atoms with Gasteiger partial charge < -0.3 is 4.52 Å². The molecule has 17 heavy (non-hydrogen) atoms. The third-order valence-electron chi connectivity index (χ3n) is 2.13. The molecule has 0 spiro atoms. The minimum atomic E-state index is 0.450. The smallest absolute Gasteiger partial charge is 0.223 e. The molecule has 0 aliphatic carbocycles. The first kappa shape index (κ1) is 9.64. The van der Waals surface area contributed by atoms with Gasteiger partial charge in [-0.15, -0.1) is 15.0 Å². The number of tetrazole rings is 1. The van der Waals surface area contributed by atoms with Crippen molar-refractivity contribution in [3.8, 4) is 17.3 Å². The fourth-order valence-corrected chi connectivity index (χ4v) is 1.36. The van der Waals surface area contributed by atoms with Crippen LogP contribution in [0.25, 0.3) is 17.3 Å². The van der Waals surface area contributed by atoms with Gasteiger partial charge in [-0.05, 0) is 24.3 Å². The van der Waals surface area contributed by atoms with Crippen LogP contribution in [-0.4, -0.2) is 30.3 Å².